The van der Waals surface area contributed by atoms with Crippen LogP contribution in [0.5, 0.6) is 0 Å². The predicted octanol–water partition coefficient (Wildman–Crippen LogP) is 4.53. The molecule has 1 saturated heterocycles. The Kier molecular flexibility index (Phi) is 3.99. The van der Waals surface area contributed by atoms with Gasteiger partial charge in [0, 0.05) is 29.9 Å². The summed E-state index contributed by atoms with van der Waals surface area (Å²) in [6, 6.07) is 14.4. The van der Waals surface area contributed by atoms with Gasteiger partial charge in [-0.25, -0.2) is 4.39 Å². The van der Waals surface area contributed by atoms with Crippen LogP contribution in [0.25, 0.3) is 22.8 Å². The topological polar surface area (TPSA) is 42.2 Å². The summed E-state index contributed by atoms with van der Waals surface area (Å²) >= 11 is 0. The van der Waals surface area contributed by atoms with Gasteiger partial charge < -0.3 is 9.42 Å². The lowest BCUT2D eigenvalue weighted by Gasteiger charge is -2.28. The molecule has 4 rings (SSSR count). The molecule has 0 aliphatic carbocycles. The summed E-state index contributed by atoms with van der Waals surface area (Å²) < 4.78 is 18.6. The molecule has 1 aliphatic heterocycles. The van der Waals surface area contributed by atoms with Crippen molar-refractivity contribution in [1.82, 2.24) is 10.1 Å². The number of aromatic nitrogens is 2. The van der Waals surface area contributed by atoms with E-state index in [0.29, 0.717) is 17.3 Å². The molecule has 0 bridgehead atoms. The molecule has 4 nitrogen and oxygen atoms in total. The number of anilines is 1. The molecule has 24 heavy (non-hydrogen) atoms. The second-order valence-corrected chi connectivity index (χ2v) is 6.03. The quantitative estimate of drug-likeness (QED) is 0.710. The van der Waals surface area contributed by atoms with Crippen molar-refractivity contribution >= 4 is 5.69 Å². The molecule has 0 saturated carbocycles. The molecule has 122 valence electrons. The third-order valence-corrected chi connectivity index (χ3v) is 4.34. The fourth-order valence-corrected chi connectivity index (χ4v) is 3.05. The first-order chi connectivity index (χ1) is 11.8. The zero-order valence-electron chi connectivity index (χ0n) is 13.3. The molecular formula is C19H18FN3O. The van der Waals surface area contributed by atoms with E-state index < -0.39 is 0 Å². The van der Waals surface area contributed by atoms with Gasteiger partial charge in [-0.2, -0.15) is 4.98 Å². The van der Waals surface area contributed by atoms with Crippen molar-refractivity contribution in [3.05, 3.63) is 54.3 Å². The number of benzene rings is 2. The highest BCUT2D eigenvalue weighted by Crippen LogP contribution is 2.26. The third kappa shape index (κ3) is 3.02. The molecule has 3 aromatic rings. The van der Waals surface area contributed by atoms with Crippen molar-refractivity contribution in [3.63, 3.8) is 0 Å². The Morgan fingerprint density at radius 3 is 2.46 bits per heavy atom. The van der Waals surface area contributed by atoms with Crippen molar-refractivity contribution in [2.45, 2.75) is 19.3 Å². The molecular weight excluding hydrogens is 305 g/mol. The minimum Gasteiger partial charge on any atom is -0.372 e. The highest BCUT2D eigenvalue weighted by Gasteiger charge is 2.13. The lowest BCUT2D eigenvalue weighted by molar-refractivity contribution is 0.432. The average molecular weight is 323 g/mol. The Morgan fingerprint density at radius 1 is 0.917 bits per heavy atom. The molecule has 2 heterocycles. The Hall–Kier alpha value is -2.69. The standard InChI is InChI=1S/C19H18FN3O/c20-16-6-4-5-15(13-16)19-21-18(22-24-19)14-7-9-17(10-8-14)23-11-2-1-3-12-23/h4-10,13H,1-3,11-12H2. The molecule has 0 N–H and O–H groups in total. The normalized spacial score (nSPS) is 14.8. The van der Waals surface area contributed by atoms with Gasteiger partial charge >= 0.3 is 0 Å². The van der Waals surface area contributed by atoms with Gasteiger partial charge in [-0.05, 0) is 61.7 Å². The van der Waals surface area contributed by atoms with E-state index in [0.717, 1.165) is 18.7 Å². The highest BCUT2D eigenvalue weighted by atomic mass is 19.1. The van der Waals surface area contributed by atoms with Gasteiger partial charge in [0.2, 0.25) is 5.82 Å². The van der Waals surface area contributed by atoms with Gasteiger partial charge in [-0.3, -0.25) is 0 Å². The van der Waals surface area contributed by atoms with Crippen LogP contribution in [-0.4, -0.2) is 23.2 Å². The molecule has 1 aromatic heterocycles. The van der Waals surface area contributed by atoms with E-state index in [2.05, 4.69) is 27.2 Å². The SMILES string of the molecule is Fc1cccc(-c2nc(-c3ccc(N4CCCCC4)cc3)no2)c1. The molecule has 2 aromatic carbocycles. The van der Waals surface area contributed by atoms with Crippen LogP contribution in [0.4, 0.5) is 10.1 Å². The van der Waals surface area contributed by atoms with E-state index in [9.17, 15) is 4.39 Å². The minimum absolute atomic E-state index is 0.321. The van der Waals surface area contributed by atoms with Gasteiger partial charge in [0.25, 0.3) is 5.89 Å². The maximum absolute atomic E-state index is 13.3. The van der Waals surface area contributed by atoms with Crippen molar-refractivity contribution in [3.8, 4) is 22.8 Å². The van der Waals surface area contributed by atoms with Crippen LogP contribution in [0, 0.1) is 5.82 Å². The molecule has 0 spiro atoms. The number of hydrogen-bond donors (Lipinski definition) is 0. The van der Waals surface area contributed by atoms with E-state index in [1.54, 1.807) is 12.1 Å². The van der Waals surface area contributed by atoms with Crippen molar-refractivity contribution in [1.29, 1.82) is 0 Å². The molecule has 1 aliphatic rings. The van der Waals surface area contributed by atoms with Crippen molar-refractivity contribution in [2.75, 3.05) is 18.0 Å². The van der Waals surface area contributed by atoms with E-state index >= 15 is 0 Å². The number of hydrogen-bond acceptors (Lipinski definition) is 4. The van der Waals surface area contributed by atoms with Gasteiger partial charge in [-0.15, -0.1) is 0 Å². The maximum atomic E-state index is 13.3. The van der Waals surface area contributed by atoms with E-state index in [-0.39, 0.29) is 5.82 Å². The first-order valence-corrected chi connectivity index (χ1v) is 8.25. The Bertz CT molecular complexity index is 823. The zero-order valence-corrected chi connectivity index (χ0v) is 13.3. The van der Waals surface area contributed by atoms with E-state index in [4.69, 9.17) is 4.52 Å². The summed E-state index contributed by atoms with van der Waals surface area (Å²) in [6.45, 7) is 2.23. The lowest BCUT2D eigenvalue weighted by Crippen LogP contribution is -2.29. The van der Waals surface area contributed by atoms with Gasteiger partial charge in [0.15, 0.2) is 0 Å². The summed E-state index contributed by atoms with van der Waals surface area (Å²) in [6.07, 6.45) is 3.83. The summed E-state index contributed by atoms with van der Waals surface area (Å²) in [5.41, 5.74) is 2.70. The molecule has 5 heteroatoms. The van der Waals surface area contributed by atoms with Gasteiger partial charge in [0.1, 0.15) is 5.82 Å². The second-order valence-electron chi connectivity index (χ2n) is 6.03. The zero-order chi connectivity index (χ0) is 16.4. The molecule has 0 amide bonds. The van der Waals surface area contributed by atoms with Crippen LogP contribution in [0.3, 0.4) is 0 Å². The van der Waals surface area contributed by atoms with Crippen molar-refractivity contribution in [2.24, 2.45) is 0 Å². The fraction of sp³-hybridized carbons (Fsp3) is 0.263. The second kappa shape index (κ2) is 6.43. The molecule has 0 unspecified atom stereocenters. The van der Waals surface area contributed by atoms with E-state index in [1.807, 2.05) is 12.1 Å². The van der Waals surface area contributed by atoms with Crippen LogP contribution in [0.15, 0.2) is 53.1 Å². The highest BCUT2D eigenvalue weighted by molar-refractivity contribution is 5.62. The minimum atomic E-state index is -0.321. The number of nitrogens with zero attached hydrogens (tertiary/aromatic N) is 3. The fourth-order valence-electron chi connectivity index (χ4n) is 3.05. The molecule has 0 atom stereocenters. The van der Waals surface area contributed by atoms with Crippen LogP contribution >= 0.6 is 0 Å². The Morgan fingerprint density at radius 2 is 1.71 bits per heavy atom. The van der Waals surface area contributed by atoms with Crippen LogP contribution in [0.2, 0.25) is 0 Å². The predicted molar refractivity (Wildman–Crippen MR) is 91.2 cm³/mol. The lowest BCUT2D eigenvalue weighted by atomic mass is 10.1. The summed E-state index contributed by atoms with van der Waals surface area (Å²) in [4.78, 5) is 6.78. The Balaban J connectivity index is 1.56. The van der Waals surface area contributed by atoms with Crippen LogP contribution < -0.4 is 4.90 Å². The number of halogens is 1. The largest absolute Gasteiger partial charge is 0.372 e. The van der Waals surface area contributed by atoms with E-state index in [1.165, 1.54) is 37.1 Å². The smallest absolute Gasteiger partial charge is 0.258 e. The summed E-state index contributed by atoms with van der Waals surface area (Å²) in [7, 11) is 0. The van der Waals surface area contributed by atoms with Crippen LogP contribution in [-0.2, 0) is 0 Å². The molecule has 1 fully saturated rings. The van der Waals surface area contributed by atoms with Gasteiger partial charge in [0.05, 0.1) is 0 Å². The maximum Gasteiger partial charge on any atom is 0.258 e. The molecule has 0 radical (unpaired) electrons. The summed E-state index contributed by atoms with van der Waals surface area (Å²) in [5, 5.41) is 4.01. The number of rotatable bonds is 3. The van der Waals surface area contributed by atoms with Crippen molar-refractivity contribution < 1.29 is 8.91 Å². The third-order valence-electron chi connectivity index (χ3n) is 4.34. The van der Waals surface area contributed by atoms with Gasteiger partial charge in [-0.1, -0.05) is 11.2 Å². The Labute approximate surface area is 139 Å². The first kappa shape index (κ1) is 14.9. The summed E-state index contributed by atoms with van der Waals surface area (Å²) in [5.74, 6) is 0.516. The van der Waals surface area contributed by atoms with Crippen LogP contribution in [0.1, 0.15) is 19.3 Å². The first-order valence-electron chi connectivity index (χ1n) is 8.25. The number of piperidine rings is 1. The average Bonchev–Trinajstić information content (AvgIpc) is 3.13. The monoisotopic (exact) mass is 323 g/mol.